The predicted molar refractivity (Wildman–Crippen MR) is 78.3 cm³/mol. The van der Waals surface area contributed by atoms with Crippen molar-refractivity contribution in [3.63, 3.8) is 0 Å². The van der Waals surface area contributed by atoms with Gasteiger partial charge in [0.25, 0.3) is 0 Å². The molecule has 0 bridgehead atoms. The number of anilines is 1. The van der Waals surface area contributed by atoms with Crippen molar-refractivity contribution in [3.8, 4) is 0 Å². The van der Waals surface area contributed by atoms with Gasteiger partial charge in [-0.05, 0) is 12.8 Å². The lowest BCUT2D eigenvalue weighted by Crippen LogP contribution is -2.39. The number of hydrogen-bond donors (Lipinski definition) is 3. The number of nitrogens with zero attached hydrogens (tertiary/aromatic N) is 1. The molecule has 0 atom stereocenters. The molecule has 0 saturated heterocycles. The average Bonchev–Trinajstić information content (AvgIpc) is 2.85. The highest BCUT2D eigenvalue weighted by Gasteiger charge is 2.34. The first-order valence-corrected chi connectivity index (χ1v) is 7.88. The maximum atomic E-state index is 12.4. The molecule has 1 amide bonds. The summed E-state index contributed by atoms with van der Waals surface area (Å²) in [6.45, 7) is 3.82. The molecule has 0 aliphatic carbocycles. The Labute approximate surface area is 130 Å². The van der Waals surface area contributed by atoms with E-state index in [9.17, 15) is 23.1 Å². The molecule has 0 aliphatic heterocycles. The molecule has 0 spiro atoms. The molecule has 22 heavy (non-hydrogen) atoms. The van der Waals surface area contributed by atoms with E-state index in [2.05, 4.69) is 15.8 Å². The quantitative estimate of drug-likeness (QED) is 0.635. The third-order valence-electron chi connectivity index (χ3n) is 3.02. The number of carbonyl (C=O) groups excluding carboxylic acids is 1. The summed E-state index contributed by atoms with van der Waals surface area (Å²) in [5.41, 5.74) is 2.51. The van der Waals surface area contributed by atoms with Crippen LogP contribution in [-0.2, 0) is 11.0 Å². The number of rotatable bonds is 8. The molecule has 126 valence electrons. The Kier molecular flexibility index (Phi) is 6.61. The van der Waals surface area contributed by atoms with E-state index in [0.717, 1.165) is 29.6 Å². The van der Waals surface area contributed by atoms with Gasteiger partial charge in [-0.25, -0.2) is 4.98 Å². The summed E-state index contributed by atoms with van der Waals surface area (Å²) in [6, 6.07) is 0. The number of halogens is 3. The molecule has 1 aromatic heterocycles. The standard InChI is InChI=1S/C13H20F3N3O2S/c1-3-5-12(21,6-4-2)7-10(20)18-19-11-17-9(8-22-11)13(14,15)16/h8,21H,3-7H2,1-2H3,(H,17,19)(H,18,20). The molecule has 0 aromatic carbocycles. The summed E-state index contributed by atoms with van der Waals surface area (Å²) in [6.07, 6.45) is -2.17. The molecule has 5 nitrogen and oxygen atoms in total. The first-order valence-electron chi connectivity index (χ1n) is 7.00. The largest absolute Gasteiger partial charge is 0.434 e. The smallest absolute Gasteiger partial charge is 0.389 e. The number of carbonyl (C=O) groups is 1. The highest BCUT2D eigenvalue weighted by atomic mass is 32.1. The zero-order valence-electron chi connectivity index (χ0n) is 12.5. The van der Waals surface area contributed by atoms with Crippen molar-refractivity contribution < 1.29 is 23.1 Å². The molecule has 1 heterocycles. The maximum Gasteiger partial charge on any atom is 0.434 e. The van der Waals surface area contributed by atoms with E-state index in [4.69, 9.17) is 0 Å². The van der Waals surface area contributed by atoms with Crippen LogP contribution >= 0.6 is 11.3 Å². The minimum absolute atomic E-state index is 0.0600. The minimum atomic E-state index is -4.51. The van der Waals surface area contributed by atoms with Crippen molar-refractivity contribution in [3.05, 3.63) is 11.1 Å². The van der Waals surface area contributed by atoms with E-state index < -0.39 is 23.4 Å². The molecule has 1 rings (SSSR count). The Morgan fingerprint density at radius 1 is 1.32 bits per heavy atom. The van der Waals surface area contributed by atoms with Crippen molar-refractivity contribution in [1.82, 2.24) is 10.4 Å². The summed E-state index contributed by atoms with van der Waals surface area (Å²) in [5.74, 6) is -0.492. The van der Waals surface area contributed by atoms with Gasteiger partial charge in [-0.15, -0.1) is 11.3 Å². The lowest BCUT2D eigenvalue weighted by molar-refractivity contribution is -0.140. The van der Waals surface area contributed by atoms with Gasteiger partial charge in [0, 0.05) is 5.38 Å². The van der Waals surface area contributed by atoms with Crippen LogP contribution in [-0.4, -0.2) is 21.6 Å². The van der Waals surface area contributed by atoms with Gasteiger partial charge in [0.1, 0.15) is 0 Å². The third-order valence-corrected chi connectivity index (χ3v) is 3.78. The SMILES string of the molecule is CCCC(O)(CCC)CC(=O)NNc1nc(C(F)(F)F)cs1. The van der Waals surface area contributed by atoms with Crippen LogP contribution in [0.15, 0.2) is 5.38 Å². The van der Waals surface area contributed by atoms with E-state index in [-0.39, 0.29) is 11.6 Å². The average molecular weight is 339 g/mol. The van der Waals surface area contributed by atoms with Crippen LogP contribution in [0.25, 0.3) is 0 Å². The van der Waals surface area contributed by atoms with Gasteiger partial charge in [-0.1, -0.05) is 26.7 Å². The summed E-state index contributed by atoms with van der Waals surface area (Å²) in [5, 5.41) is 11.1. The number of alkyl halides is 3. The summed E-state index contributed by atoms with van der Waals surface area (Å²) in [7, 11) is 0. The van der Waals surface area contributed by atoms with Gasteiger partial charge >= 0.3 is 6.18 Å². The Balaban J connectivity index is 2.53. The topological polar surface area (TPSA) is 74.2 Å². The first kappa shape index (κ1) is 18.7. The van der Waals surface area contributed by atoms with Gasteiger partial charge in [0.15, 0.2) is 5.69 Å². The van der Waals surface area contributed by atoms with E-state index in [1.807, 2.05) is 13.8 Å². The molecular weight excluding hydrogens is 319 g/mol. The Hall–Kier alpha value is -1.35. The second-order valence-corrected chi connectivity index (χ2v) is 5.97. The fourth-order valence-corrected chi connectivity index (χ4v) is 2.83. The number of hydrazine groups is 1. The molecule has 0 radical (unpaired) electrons. The van der Waals surface area contributed by atoms with E-state index in [0.29, 0.717) is 12.8 Å². The van der Waals surface area contributed by atoms with E-state index in [1.54, 1.807) is 0 Å². The van der Waals surface area contributed by atoms with Crippen LogP contribution in [0, 0.1) is 0 Å². The number of thiazole rings is 1. The zero-order valence-corrected chi connectivity index (χ0v) is 13.3. The molecule has 0 fully saturated rings. The summed E-state index contributed by atoms with van der Waals surface area (Å²) in [4.78, 5) is 15.1. The minimum Gasteiger partial charge on any atom is -0.389 e. The molecule has 0 unspecified atom stereocenters. The lowest BCUT2D eigenvalue weighted by atomic mass is 9.89. The van der Waals surface area contributed by atoms with Crippen LogP contribution < -0.4 is 10.9 Å². The van der Waals surface area contributed by atoms with Crippen LogP contribution in [0.4, 0.5) is 18.3 Å². The number of amides is 1. The van der Waals surface area contributed by atoms with Crippen LogP contribution in [0.1, 0.15) is 51.6 Å². The monoisotopic (exact) mass is 339 g/mol. The predicted octanol–water partition coefficient (Wildman–Crippen LogP) is 3.33. The number of aromatic nitrogens is 1. The summed E-state index contributed by atoms with van der Waals surface area (Å²) < 4.78 is 37.2. The van der Waals surface area contributed by atoms with Crippen LogP contribution in [0.5, 0.6) is 0 Å². The Morgan fingerprint density at radius 2 is 1.91 bits per heavy atom. The third kappa shape index (κ3) is 5.80. The number of hydrogen-bond acceptors (Lipinski definition) is 5. The molecule has 0 saturated carbocycles. The maximum absolute atomic E-state index is 12.4. The van der Waals surface area contributed by atoms with Gasteiger partial charge in [-0.3, -0.25) is 15.6 Å². The first-order chi connectivity index (χ1) is 10.2. The van der Waals surface area contributed by atoms with Crippen LogP contribution in [0.2, 0.25) is 0 Å². The van der Waals surface area contributed by atoms with Crippen molar-refractivity contribution in [1.29, 1.82) is 0 Å². The van der Waals surface area contributed by atoms with Crippen molar-refractivity contribution >= 4 is 22.4 Å². The number of nitrogens with one attached hydrogen (secondary N) is 2. The highest BCUT2D eigenvalue weighted by Crippen LogP contribution is 2.31. The Morgan fingerprint density at radius 3 is 2.36 bits per heavy atom. The molecular formula is C13H20F3N3O2S. The fraction of sp³-hybridized carbons (Fsp3) is 0.692. The number of aliphatic hydroxyl groups is 1. The summed E-state index contributed by atoms with van der Waals surface area (Å²) >= 11 is 0.737. The van der Waals surface area contributed by atoms with Crippen molar-refractivity contribution in [2.24, 2.45) is 0 Å². The second-order valence-electron chi connectivity index (χ2n) is 5.11. The van der Waals surface area contributed by atoms with Gasteiger partial charge in [0.2, 0.25) is 11.0 Å². The second kappa shape index (κ2) is 7.77. The molecule has 9 heteroatoms. The normalized spacial score (nSPS) is 12.3. The zero-order chi connectivity index (χ0) is 16.8. The van der Waals surface area contributed by atoms with E-state index >= 15 is 0 Å². The van der Waals surface area contributed by atoms with Crippen molar-refractivity contribution in [2.75, 3.05) is 5.43 Å². The molecule has 3 N–H and O–H groups in total. The molecule has 1 aromatic rings. The van der Waals surface area contributed by atoms with Gasteiger partial charge in [0.05, 0.1) is 12.0 Å². The van der Waals surface area contributed by atoms with Crippen LogP contribution in [0.3, 0.4) is 0 Å². The molecule has 0 aliphatic rings. The lowest BCUT2D eigenvalue weighted by Gasteiger charge is -2.26. The van der Waals surface area contributed by atoms with Gasteiger partial charge in [-0.2, -0.15) is 13.2 Å². The van der Waals surface area contributed by atoms with E-state index in [1.165, 1.54) is 0 Å². The highest BCUT2D eigenvalue weighted by molar-refractivity contribution is 7.13. The fourth-order valence-electron chi connectivity index (χ4n) is 2.16. The Bertz CT molecular complexity index is 485. The van der Waals surface area contributed by atoms with Gasteiger partial charge < -0.3 is 5.11 Å². The van der Waals surface area contributed by atoms with Crippen molar-refractivity contribution in [2.45, 2.75) is 57.7 Å².